The van der Waals surface area contributed by atoms with Gasteiger partial charge in [-0.05, 0) is 36.4 Å². The van der Waals surface area contributed by atoms with Gasteiger partial charge in [0.2, 0.25) is 0 Å². The summed E-state index contributed by atoms with van der Waals surface area (Å²) in [5.41, 5.74) is -10.2. The van der Waals surface area contributed by atoms with E-state index in [1.54, 1.807) is 6.07 Å². The van der Waals surface area contributed by atoms with Crippen LogP contribution in [0.3, 0.4) is 0 Å². The number of alkyl halides is 9. The number of ether oxygens (including phenoxy) is 1. The SMILES string of the molecule is FC(F)(F)Oc1ccc([S+](c2ccccc2)C(F)(F)F)cc1.O=S(=O)([O-])C(F)(F)F. The second-order valence-corrected chi connectivity index (χ2v) is 8.37. The fourth-order valence-electron chi connectivity index (χ4n) is 1.74. The number of benzene rings is 2. The molecule has 4 nitrogen and oxygen atoms in total. The minimum Gasteiger partial charge on any atom is -0.741 e. The molecule has 168 valence electrons. The summed E-state index contributed by atoms with van der Waals surface area (Å²) < 4.78 is 139. The van der Waals surface area contributed by atoms with Gasteiger partial charge in [0.25, 0.3) is 0 Å². The van der Waals surface area contributed by atoms with Crippen molar-refractivity contribution in [1.29, 1.82) is 0 Å². The van der Waals surface area contributed by atoms with E-state index in [9.17, 15) is 39.5 Å². The van der Waals surface area contributed by atoms with Crippen LogP contribution in [-0.2, 0) is 21.0 Å². The molecule has 0 aliphatic heterocycles. The number of halogens is 9. The molecule has 0 fully saturated rings. The third-order valence-electron chi connectivity index (χ3n) is 2.79. The zero-order valence-electron chi connectivity index (χ0n) is 14.0. The molecule has 2 aromatic carbocycles. The first-order valence-electron chi connectivity index (χ1n) is 7.16. The van der Waals surface area contributed by atoms with Crippen LogP contribution in [0.5, 0.6) is 5.75 Å². The quantitative estimate of drug-likeness (QED) is 0.258. The largest absolute Gasteiger partial charge is 0.741 e. The van der Waals surface area contributed by atoms with Gasteiger partial charge >= 0.3 is 17.4 Å². The van der Waals surface area contributed by atoms with Gasteiger partial charge in [-0.3, -0.25) is 0 Å². The Morgan fingerprint density at radius 2 is 1.13 bits per heavy atom. The first-order chi connectivity index (χ1) is 13.4. The summed E-state index contributed by atoms with van der Waals surface area (Å²) in [7, 11) is -8.33. The van der Waals surface area contributed by atoms with Crippen LogP contribution in [0.1, 0.15) is 0 Å². The van der Waals surface area contributed by atoms with E-state index in [2.05, 4.69) is 4.74 Å². The predicted octanol–water partition coefficient (Wildman–Crippen LogP) is 5.19. The highest BCUT2D eigenvalue weighted by molar-refractivity contribution is 7.97. The Hall–Kier alpha value is -2.13. The summed E-state index contributed by atoms with van der Waals surface area (Å²) in [4.78, 5) is -0.0901. The second-order valence-electron chi connectivity index (χ2n) is 4.98. The lowest BCUT2D eigenvalue weighted by atomic mass is 10.3. The van der Waals surface area contributed by atoms with E-state index < -0.39 is 44.1 Å². The van der Waals surface area contributed by atoms with Crippen molar-refractivity contribution in [1.82, 2.24) is 0 Å². The van der Waals surface area contributed by atoms with Crippen LogP contribution in [0.4, 0.5) is 39.5 Å². The molecule has 0 aromatic heterocycles. The van der Waals surface area contributed by atoms with Gasteiger partial charge in [0.15, 0.2) is 30.8 Å². The molecule has 0 bridgehead atoms. The average molecular weight is 488 g/mol. The van der Waals surface area contributed by atoms with Gasteiger partial charge in [-0.1, -0.05) is 18.2 Å². The Bertz CT molecular complexity index is 906. The molecule has 0 spiro atoms. The van der Waals surface area contributed by atoms with E-state index in [0.717, 1.165) is 24.3 Å². The minimum atomic E-state index is -6.09. The van der Waals surface area contributed by atoms with Crippen molar-refractivity contribution in [3.63, 3.8) is 0 Å². The lowest BCUT2D eigenvalue weighted by Crippen LogP contribution is -2.24. The number of rotatable bonds is 3. The second kappa shape index (κ2) is 9.34. The van der Waals surface area contributed by atoms with Crippen LogP contribution in [0, 0.1) is 0 Å². The van der Waals surface area contributed by atoms with Crippen molar-refractivity contribution in [3.05, 3.63) is 54.6 Å². The first-order valence-corrected chi connectivity index (χ1v) is 9.79. The van der Waals surface area contributed by atoms with E-state index in [1.165, 1.54) is 24.3 Å². The average Bonchev–Trinajstić information content (AvgIpc) is 2.54. The summed E-state index contributed by atoms with van der Waals surface area (Å²) in [6.07, 6.45) is -4.88. The molecule has 0 heterocycles. The summed E-state index contributed by atoms with van der Waals surface area (Å²) in [6.45, 7) is 0. The fraction of sp³-hybridized carbons (Fsp3) is 0.200. The standard InChI is InChI=1S/C14H9F6OS.CHF3O3S/c15-13(16,17)21-10-6-8-12(9-7-10)22(14(18,19)20)11-4-2-1-3-5-11;2-1(3,4)8(5,6)7/h1-9H;(H,5,6,7)/q+1;/p-1. The lowest BCUT2D eigenvalue weighted by molar-refractivity contribution is -0.274. The van der Waals surface area contributed by atoms with Gasteiger partial charge in [0.1, 0.15) is 5.75 Å². The third kappa shape index (κ3) is 8.31. The van der Waals surface area contributed by atoms with Gasteiger partial charge in [-0.15, -0.1) is 26.3 Å². The van der Waals surface area contributed by atoms with Crippen molar-refractivity contribution in [2.24, 2.45) is 0 Å². The summed E-state index contributed by atoms with van der Waals surface area (Å²) >= 11 is 0. The Morgan fingerprint density at radius 3 is 1.47 bits per heavy atom. The number of hydrogen-bond acceptors (Lipinski definition) is 4. The maximum absolute atomic E-state index is 13.3. The highest BCUT2D eigenvalue weighted by Gasteiger charge is 2.54. The van der Waals surface area contributed by atoms with Crippen LogP contribution in [0.25, 0.3) is 0 Å². The Kier molecular flexibility index (Phi) is 8.07. The maximum atomic E-state index is 13.3. The Morgan fingerprint density at radius 1 is 0.733 bits per heavy atom. The van der Waals surface area contributed by atoms with Crippen LogP contribution >= 0.6 is 0 Å². The van der Waals surface area contributed by atoms with Crippen molar-refractivity contribution in [3.8, 4) is 5.75 Å². The van der Waals surface area contributed by atoms with Crippen molar-refractivity contribution in [2.45, 2.75) is 27.2 Å². The molecule has 2 rings (SSSR count). The van der Waals surface area contributed by atoms with E-state index in [4.69, 9.17) is 13.0 Å². The molecule has 30 heavy (non-hydrogen) atoms. The molecule has 0 saturated carbocycles. The van der Waals surface area contributed by atoms with Gasteiger partial charge in [0.05, 0.1) is 0 Å². The van der Waals surface area contributed by atoms with Gasteiger partial charge in [0, 0.05) is 0 Å². The van der Waals surface area contributed by atoms with E-state index in [0.29, 0.717) is 0 Å². The molecule has 0 saturated heterocycles. The van der Waals surface area contributed by atoms with Crippen LogP contribution in [-0.4, -0.2) is 30.3 Å². The summed E-state index contributed by atoms with van der Waals surface area (Å²) in [6, 6.07) is 10.9. The van der Waals surface area contributed by atoms with Crippen LogP contribution in [0.2, 0.25) is 0 Å². The summed E-state index contributed by atoms with van der Waals surface area (Å²) in [5.74, 6) is -0.560. The van der Waals surface area contributed by atoms with Crippen molar-refractivity contribution < 1.29 is 57.2 Å². The molecule has 0 N–H and O–H groups in total. The smallest absolute Gasteiger partial charge is 0.586 e. The molecular formula is C15H9F9O4S2. The Balaban J connectivity index is 0.000000479. The first kappa shape index (κ1) is 25.9. The molecule has 0 aliphatic rings. The maximum Gasteiger partial charge on any atom is 0.586 e. The normalized spacial score (nSPS) is 13.8. The fourth-order valence-corrected chi connectivity index (χ4v) is 3.38. The third-order valence-corrected chi connectivity index (χ3v) is 5.30. The zero-order chi connectivity index (χ0) is 23.4. The predicted molar refractivity (Wildman–Crippen MR) is 85.3 cm³/mol. The molecular weight excluding hydrogens is 479 g/mol. The zero-order valence-corrected chi connectivity index (χ0v) is 15.7. The Labute approximate surface area is 166 Å². The van der Waals surface area contributed by atoms with Crippen molar-refractivity contribution >= 4 is 21.0 Å². The lowest BCUT2D eigenvalue weighted by Gasteiger charge is -2.11. The van der Waals surface area contributed by atoms with Gasteiger partial charge in [-0.2, -0.15) is 13.2 Å². The molecule has 1 unspecified atom stereocenters. The molecule has 1 atom stereocenters. The van der Waals surface area contributed by atoms with Gasteiger partial charge < -0.3 is 9.29 Å². The molecule has 2 aromatic rings. The monoisotopic (exact) mass is 488 g/mol. The van der Waals surface area contributed by atoms with Gasteiger partial charge in [-0.25, -0.2) is 8.42 Å². The van der Waals surface area contributed by atoms with E-state index in [-0.39, 0.29) is 9.79 Å². The molecule has 0 radical (unpaired) electrons. The van der Waals surface area contributed by atoms with E-state index >= 15 is 0 Å². The highest BCUT2D eigenvalue weighted by atomic mass is 32.2. The molecule has 0 amide bonds. The highest BCUT2D eigenvalue weighted by Crippen LogP contribution is 2.39. The van der Waals surface area contributed by atoms with E-state index in [1.807, 2.05) is 0 Å². The number of hydrogen-bond donors (Lipinski definition) is 0. The van der Waals surface area contributed by atoms with Crippen LogP contribution in [0.15, 0.2) is 64.4 Å². The minimum absolute atomic E-state index is 0.0412. The van der Waals surface area contributed by atoms with Crippen molar-refractivity contribution in [2.75, 3.05) is 0 Å². The molecule has 15 heteroatoms. The topological polar surface area (TPSA) is 66.4 Å². The molecule has 0 aliphatic carbocycles. The summed E-state index contributed by atoms with van der Waals surface area (Å²) in [5, 5.41) is 0. The van der Waals surface area contributed by atoms with Crippen LogP contribution < -0.4 is 4.74 Å².